The molecule has 38 heavy (non-hydrogen) atoms. The van der Waals surface area contributed by atoms with E-state index in [1.165, 1.54) is 6.07 Å². The zero-order chi connectivity index (χ0) is 28.1. The molecule has 0 bridgehead atoms. The molecule has 0 spiro atoms. The van der Waals surface area contributed by atoms with Crippen LogP contribution >= 0.6 is 0 Å². The average molecular weight is 542 g/mol. The Bertz CT molecular complexity index is 1250. The number of carbonyl (C=O) groups excluding carboxylic acids is 2. The number of rotatable bonds is 9. The largest absolute Gasteiger partial charge is 0.416 e. The Morgan fingerprint density at radius 1 is 0.974 bits per heavy atom. The normalized spacial score (nSPS) is 12.0. The summed E-state index contributed by atoms with van der Waals surface area (Å²) in [6, 6.07) is 7.93. The molecule has 0 saturated heterocycles. The number of benzene rings is 2. The highest BCUT2D eigenvalue weighted by atomic mass is 19.4. The Morgan fingerprint density at radius 3 is 2.24 bits per heavy atom. The molecule has 2 amide bonds. The van der Waals surface area contributed by atoms with Gasteiger partial charge in [-0.3, -0.25) is 9.59 Å². The fourth-order valence-electron chi connectivity index (χ4n) is 3.31. The summed E-state index contributed by atoms with van der Waals surface area (Å²) in [7, 11) is 0. The van der Waals surface area contributed by atoms with Gasteiger partial charge in [-0.25, -0.2) is 0 Å². The molecule has 1 aromatic heterocycles. The summed E-state index contributed by atoms with van der Waals surface area (Å²) >= 11 is 0. The van der Waals surface area contributed by atoms with Gasteiger partial charge in [0.2, 0.25) is 11.7 Å². The lowest BCUT2D eigenvalue weighted by molar-refractivity contribution is -0.138. The van der Waals surface area contributed by atoms with Gasteiger partial charge in [0.15, 0.2) is 0 Å². The summed E-state index contributed by atoms with van der Waals surface area (Å²) in [5.74, 6) is -1.15. The third kappa shape index (κ3) is 7.76. The minimum atomic E-state index is -4.67. The van der Waals surface area contributed by atoms with Crippen molar-refractivity contribution in [2.24, 2.45) is 5.92 Å². The van der Waals surface area contributed by atoms with Gasteiger partial charge in [-0.2, -0.15) is 31.1 Å². The number of aromatic nitrogens is 4. The molecule has 1 N–H and O–H groups in total. The van der Waals surface area contributed by atoms with E-state index in [0.717, 1.165) is 52.2 Å². The highest BCUT2D eigenvalue weighted by Gasteiger charge is 2.32. The first-order valence-electron chi connectivity index (χ1n) is 11.4. The van der Waals surface area contributed by atoms with Crippen LogP contribution in [0.4, 0.5) is 32.0 Å². The lowest BCUT2D eigenvalue weighted by Crippen LogP contribution is -2.43. The molecule has 0 aliphatic rings. The minimum Gasteiger partial charge on any atom is -0.355 e. The standard InChI is InChI=1S/C24H24F6N6O2/c1-15(2)10-11-31-20(37)13-35(19-5-3-4-18(12-19)24(28,29)30)21(38)14-36-33-22(32-34-36)16-6-8-17(9-7-16)23(25,26)27/h3-9,12,15H,10-11,13-14H2,1-2H3,(H,31,37). The van der Waals surface area contributed by atoms with Crippen molar-refractivity contribution in [1.82, 2.24) is 25.5 Å². The molecule has 0 fully saturated rings. The fraction of sp³-hybridized carbons (Fsp3) is 0.375. The lowest BCUT2D eigenvalue weighted by atomic mass is 10.1. The van der Waals surface area contributed by atoms with Crippen LogP contribution in [0.5, 0.6) is 0 Å². The van der Waals surface area contributed by atoms with E-state index >= 15 is 0 Å². The minimum absolute atomic E-state index is 0.0661. The first-order valence-corrected chi connectivity index (χ1v) is 11.4. The van der Waals surface area contributed by atoms with Crippen LogP contribution in [0.15, 0.2) is 48.5 Å². The first-order chi connectivity index (χ1) is 17.7. The van der Waals surface area contributed by atoms with Crippen LogP contribution in [0.2, 0.25) is 0 Å². The molecule has 3 rings (SSSR count). The van der Waals surface area contributed by atoms with Gasteiger partial charge in [0.1, 0.15) is 13.1 Å². The number of nitrogens with zero attached hydrogens (tertiary/aromatic N) is 5. The predicted octanol–water partition coefficient (Wildman–Crippen LogP) is 4.57. The highest BCUT2D eigenvalue weighted by molar-refractivity contribution is 5.98. The maximum Gasteiger partial charge on any atom is 0.416 e. The maximum absolute atomic E-state index is 13.3. The maximum atomic E-state index is 13.3. The van der Waals surface area contributed by atoms with Crippen molar-refractivity contribution in [3.05, 3.63) is 59.7 Å². The summed E-state index contributed by atoms with van der Waals surface area (Å²) in [5.41, 5.74) is -1.83. The van der Waals surface area contributed by atoms with Gasteiger partial charge < -0.3 is 10.2 Å². The number of tetrazole rings is 1. The van der Waals surface area contributed by atoms with Crippen molar-refractivity contribution in [3.63, 3.8) is 0 Å². The molecular weight excluding hydrogens is 518 g/mol. The van der Waals surface area contributed by atoms with Crippen LogP contribution in [0.3, 0.4) is 0 Å². The Morgan fingerprint density at radius 2 is 1.63 bits per heavy atom. The van der Waals surface area contributed by atoms with Crippen LogP contribution in [0, 0.1) is 5.92 Å². The number of hydrogen-bond donors (Lipinski definition) is 1. The Kier molecular flexibility index (Phi) is 8.74. The van der Waals surface area contributed by atoms with Gasteiger partial charge in [-0.1, -0.05) is 32.0 Å². The van der Waals surface area contributed by atoms with E-state index in [2.05, 4.69) is 20.7 Å². The molecule has 0 atom stereocenters. The van der Waals surface area contributed by atoms with Crippen molar-refractivity contribution in [3.8, 4) is 11.4 Å². The van der Waals surface area contributed by atoms with Crippen LogP contribution in [-0.2, 0) is 28.5 Å². The number of anilines is 1. The summed E-state index contributed by atoms with van der Waals surface area (Å²) in [5, 5.41) is 14.1. The van der Waals surface area contributed by atoms with Crippen molar-refractivity contribution in [2.75, 3.05) is 18.0 Å². The average Bonchev–Trinajstić information content (AvgIpc) is 3.29. The molecular formula is C24H24F6N6O2. The molecule has 1 heterocycles. The number of alkyl halides is 6. The monoisotopic (exact) mass is 542 g/mol. The third-order valence-electron chi connectivity index (χ3n) is 5.33. The molecule has 0 unspecified atom stereocenters. The molecule has 0 aliphatic carbocycles. The van der Waals surface area contributed by atoms with Crippen molar-refractivity contribution in [2.45, 2.75) is 39.2 Å². The van der Waals surface area contributed by atoms with E-state index < -0.39 is 48.4 Å². The second-order valence-corrected chi connectivity index (χ2v) is 8.78. The summed E-state index contributed by atoms with van der Waals surface area (Å²) in [4.78, 5) is 27.3. The van der Waals surface area contributed by atoms with Crippen molar-refractivity contribution >= 4 is 17.5 Å². The van der Waals surface area contributed by atoms with Gasteiger partial charge in [0.05, 0.1) is 11.1 Å². The Labute approximate surface area is 213 Å². The number of hydrogen-bond acceptors (Lipinski definition) is 5. The molecule has 204 valence electrons. The van der Waals surface area contributed by atoms with Crippen molar-refractivity contribution in [1.29, 1.82) is 0 Å². The van der Waals surface area contributed by atoms with Crippen molar-refractivity contribution < 1.29 is 35.9 Å². The SMILES string of the molecule is CC(C)CCNC(=O)CN(C(=O)Cn1nnc(-c2ccc(C(F)(F)F)cc2)n1)c1cccc(C(F)(F)F)c1. The van der Waals surface area contributed by atoms with Gasteiger partial charge in [-0.05, 0) is 47.9 Å². The van der Waals surface area contributed by atoms with E-state index in [9.17, 15) is 35.9 Å². The van der Waals surface area contributed by atoms with Gasteiger partial charge >= 0.3 is 12.4 Å². The van der Waals surface area contributed by atoms with E-state index in [-0.39, 0.29) is 17.1 Å². The quantitative estimate of drug-likeness (QED) is 0.400. The number of halogens is 6. The first kappa shape index (κ1) is 28.6. The van der Waals surface area contributed by atoms with Gasteiger partial charge in [0, 0.05) is 17.8 Å². The topological polar surface area (TPSA) is 93.0 Å². The fourth-order valence-corrected chi connectivity index (χ4v) is 3.31. The number of nitrogens with one attached hydrogen (secondary N) is 1. The molecule has 0 radical (unpaired) electrons. The molecule has 14 heteroatoms. The predicted molar refractivity (Wildman–Crippen MR) is 125 cm³/mol. The highest BCUT2D eigenvalue weighted by Crippen LogP contribution is 2.32. The zero-order valence-electron chi connectivity index (χ0n) is 20.3. The summed E-state index contributed by atoms with van der Waals surface area (Å²) < 4.78 is 78.1. The third-order valence-corrected chi connectivity index (χ3v) is 5.33. The number of carbonyl (C=O) groups is 2. The van der Waals surface area contributed by atoms with E-state index in [4.69, 9.17) is 0 Å². The van der Waals surface area contributed by atoms with E-state index in [0.29, 0.717) is 18.9 Å². The molecule has 2 aromatic carbocycles. The van der Waals surface area contributed by atoms with Crippen LogP contribution < -0.4 is 10.2 Å². The van der Waals surface area contributed by atoms with E-state index in [1.54, 1.807) is 0 Å². The van der Waals surface area contributed by atoms with Crippen LogP contribution in [0.1, 0.15) is 31.4 Å². The molecule has 0 saturated carbocycles. The van der Waals surface area contributed by atoms with Crippen LogP contribution in [0.25, 0.3) is 11.4 Å². The smallest absolute Gasteiger partial charge is 0.355 e. The molecule has 0 aliphatic heterocycles. The second-order valence-electron chi connectivity index (χ2n) is 8.78. The second kappa shape index (κ2) is 11.6. The summed E-state index contributed by atoms with van der Waals surface area (Å²) in [6.07, 6.45) is -8.53. The molecule has 8 nitrogen and oxygen atoms in total. The Hall–Kier alpha value is -3.97. The van der Waals surface area contributed by atoms with Gasteiger partial charge in [0.25, 0.3) is 5.91 Å². The van der Waals surface area contributed by atoms with Gasteiger partial charge in [-0.15, -0.1) is 10.2 Å². The van der Waals surface area contributed by atoms with Crippen LogP contribution in [-0.4, -0.2) is 45.1 Å². The molecule has 3 aromatic rings. The Balaban J connectivity index is 1.80. The zero-order valence-corrected chi connectivity index (χ0v) is 20.3. The lowest BCUT2D eigenvalue weighted by Gasteiger charge is -2.23. The summed E-state index contributed by atoms with van der Waals surface area (Å²) in [6.45, 7) is 3.08. The van der Waals surface area contributed by atoms with E-state index in [1.807, 2.05) is 13.8 Å². The number of amides is 2.